The van der Waals surface area contributed by atoms with Crippen LogP contribution >= 0.6 is 0 Å². The molecule has 2 aromatic heterocycles. The maximum Gasteiger partial charge on any atom is 0.255 e. The first-order valence-electron chi connectivity index (χ1n) is 9.73. The lowest BCUT2D eigenvalue weighted by Gasteiger charge is -2.39. The number of hydrogen-bond acceptors (Lipinski definition) is 7. The summed E-state index contributed by atoms with van der Waals surface area (Å²) in [7, 11) is 0. The number of carbonyl (C=O) groups excluding carboxylic acids is 1. The molecular formula is C20H22N6O3. The summed E-state index contributed by atoms with van der Waals surface area (Å²) in [5.74, 6) is 1.12. The summed E-state index contributed by atoms with van der Waals surface area (Å²) in [6.07, 6.45) is 1.38. The molecule has 29 heavy (non-hydrogen) atoms. The van der Waals surface area contributed by atoms with Crippen LogP contribution in [0.15, 0.2) is 36.7 Å². The van der Waals surface area contributed by atoms with Crippen molar-refractivity contribution in [2.24, 2.45) is 0 Å². The third kappa shape index (κ3) is 3.49. The van der Waals surface area contributed by atoms with E-state index in [2.05, 4.69) is 20.0 Å². The van der Waals surface area contributed by atoms with Crippen molar-refractivity contribution in [3.8, 4) is 5.88 Å². The number of amides is 1. The van der Waals surface area contributed by atoms with Crippen LogP contribution in [0.1, 0.15) is 16.1 Å². The Balaban J connectivity index is 1.20. The van der Waals surface area contributed by atoms with Gasteiger partial charge in [-0.15, -0.1) is 0 Å². The van der Waals surface area contributed by atoms with Crippen LogP contribution in [0.25, 0.3) is 5.78 Å². The predicted octanol–water partition coefficient (Wildman–Crippen LogP) is 1.17. The first-order chi connectivity index (χ1) is 14.2. The van der Waals surface area contributed by atoms with Crippen molar-refractivity contribution in [1.29, 1.82) is 0 Å². The Hall–Kier alpha value is -3.20. The van der Waals surface area contributed by atoms with E-state index in [0.29, 0.717) is 30.3 Å². The molecule has 0 unspecified atom stereocenters. The van der Waals surface area contributed by atoms with E-state index in [1.807, 2.05) is 37.3 Å². The molecule has 2 aliphatic rings. The van der Waals surface area contributed by atoms with Crippen LogP contribution in [0.2, 0.25) is 0 Å². The van der Waals surface area contributed by atoms with Crippen LogP contribution in [-0.2, 0) is 4.74 Å². The number of hydrogen-bond donors (Lipinski definition) is 0. The van der Waals surface area contributed by atoms with Crippen molar-refractivity contribution in [3.63, 3.8) is 0 Å². The molecule has 0 atom stereocenters. The maximum absolute atomic E-state index is 12.7. The van der Waals surface area contributed by atoms with Gasteiger partial charge in [0, 0.05) is 36.1 Å². The minimum Gasteiger partial charge on any atom is -0.470 e. The van der Waals surface area contributed by atoms with Gasteiger partial charge in [-0.3, -0.25) is 4.79 Å². The molecule has 0 radical (unpaired) electrons. The highest BCUT2D eigenvalue weighted by molar-refractivity contribution is 5.95. The molecule has 4 heterocycles. The zero-order chi connectivity index (χ0) is 19.8. The van der Waals surface area contributed by atoms with Gasteiger partial charge in [-0.25, -0.2) is 4.98 Å². The van der Waals surface area contributed by atoms with Gasteiger partial charge in [0.25, 0.3) is 11.7 Å². The highest BCUT2D eigenvalue weighted by Gasteiger charge is 2.33. The average molecular weight is 394 g/mol. The van der Waals surface area contributed by atoms with Crippen LogP contribution in [-0.4, -0.2) is 75.9 Å². The SMILES string of the molecule is Cc1cc(OC2CN(C(=O)c3ccc(N4CCOCC4)cc3)C2)n2ncnc2n1. The number of likely N-dealkylation sites (tertiary alicyclic amines) is 1. The van der Waals surface area contributed by atoms with Crippen molar-refractivity contribution in [2.75, 3.05) is 44.3 Å². The number of anilines is 1. The highest BCUT2D eigenvalue weighted by Crippen LogP contribution is 2.22. The van der Waals surface area contributed by atoms with Crippen LogP contribution in [0.3, 0.4) is 0 Å². The monoisotopic (exact) mass is 394 g/mol. The van der Waals surface area contributed by atoms with E-state index in [9.17, 15) is 4.79 Å². The smallest absolute Gasteiger partial charge is 0.255 e. The van der Waals surface area contributed by atoms with Crippen LogP contribution in [0, 0.1) is 6.92 Å². The zero-order valence-corrected chi connectivity index (χ0v) is 16.2. The average Bonchev–Trinajstić information content (AvgIpc) is 3.19. The molecule has 0 saturated carbocycles. The molecule has 1 amide bonds. The lowest BCUT2D eigenvalue weighted by atomic mass is 10.1. The van der Waals surface area contributed by atoms with Crippen molar-refractivity contribution in [3.05, 3.63) is 47.9 Å². The van der Waals surface area contributed by atoms with Crippen molar-refractivity contribution < 1.29 is 14.3 Å². The first kappa shape index (κ1) is 17.9. The summed E-state index contributed by atoms with van der Waals surface area (Å²) in [5, 5.41) is 4.15. The Morgan fingerprint density at radius 1 is 1.17 bits per heavy atom. The fraction of sp³-hybridized carbons (Fsp3) is 0.400. The van der Waals surface area contributed by atoms with Crippen molar-refractivity contribution in [1.82, 2.24) is 24.5 Å². The van der Waals surface area contributed by atoms with Gasteiger partial charge >= 0.3 is 0 Å². The number of aromatic nitrogens is 4. The molecular weight excluding hydrogens is 372 g/mol. The Morgan fingerprint density at radius 3 is 2.69 bits per heavy atom. The second-order valence-corrected chi connectivity index (χ2v) is 7.30. The van der Waals surface area contributed by atoms with Gasteiger partial charge in [0.2, 0.25) is 5.88 Å². The molecule has 2 saturated heterocycles. The number of aryl methyl sites for hydroxylation is 1. The Bertz CT molecular complexity index is 1020. The molecule has 2 aliphatic heterocycles. The normalized spacial score (nSPS) is 17.4. The third-order valence-corrected chi connectivity index (χ3v) is 5.26. The second-order valence-electron chi connectivity index (χ2n) is 7.30. The van der Waals surface area contributed by atoms with E-state index in [1.165, 1.54) is 6.33 Å². The van der Waals surface area contributed by atoms with Crippen molar-refractivity contribution >= 4 is 17.4 Å². The molecule has 9 nitrogen and oxygen atoms in total. The molecule has 0 spiro atoms. The van der Waals surface area contributed by atoms with Gasteiger partial charge in [0.15, 0.2) is 0 Å². The summed E-state index contributed by atoms with van der Waals surface area (Å²) >= 11 is 0. The van der Waals surface area contributed by atoms with Gasteiger partial charge in [-0.05, 0) is 31.2 Å². The number of fused-ring (bicyclic) bond motifs is 1. The minimum absolute atomic E-state index is 0.0233. The molecule has 5 rings (SSSR count). The molecule has 0 N–H and O–H groups in total. The van der Waals surface area contributed by atoms with Crippen molar-refractivity contribution in [2.45, 2.75) is 13.0 Å². The van der Waals surface area contributed by atoms with E-state index in [-0.39, 0.29) is 12.0 Å². The van der Waals surface area contributed by atoms with Gasteiger partial charge < -0.3 is 19.3 Å². The van der Waals surface area contributed by atoms with Crippen LogP contribution in [0.5, 0.6) is 5.88 Å². The lowest BCUT2D eigenvalue weighted by Crippen LogP contribution is -2.56. The molecule has 150 valence electrons. The van der Waals surface area contributed by atoms with Crippen LogP contribution in [0.4, 0.5) is 5.69 Å². The predicted molar refractivity (Wildman–Crippen MR) is 105 cm³/mol. The zero-order valence-electron chi connectivity index (χ0n) is 16.2. The van der Waals surface area contributed by atoms with E-state index < -0.39 is 0 Å². The number of nitrogens with zero attached hydrogens (tertiary/aromatic N) is 6. The topological polar surface area (TPSA) is 85.1 Å². The lowest BCUT2D eigenvalue weighted by molar-refractivity contribution is 0.0150. The van der Waals surface area contributed by atoms with Gasteiger partial charge in [-0.1, -0.05) is 0 Å². The summed E-state index contributed by atoms with van der Waals surface area (Å²) < 4.78 is 13.0. The minimum atomic E-state index is -0.0687. The molecule has 3 aromatic rings. The van der Waals surface area contributed by atoms with Crippen LogP contribution < -0.4 is 9.64 Å². The van der Waals surface area contributed by atoms with Gasteiger partial charge in [0.1, 0.15) is 12.4 Å². The molecule has 1 aromatic carbocycles. The quantitative estimate of drug-likeness (QED) is 0.657. The Morgan fingerprint density at radius 2 is 1.93 bits per heavy atom. The second kappa shape index (κ2) is 7.32. The maximum atomic E-state index is 12.7. The standard InChI is InChI=1S/C20H22N6O3/c1-14-10-18(26-20(23-14)21-13-22-26)29-17-11-25(12-17)19(27)15-2-4-16(5-3-15)24-6-8-28-9-7-24/h2-5,10,13,17H,6-9,11-12H2,1H3. The van der Waals surface area contributed by atoms with E-state index in [0.717, 1.165) is 37.7 Å². The van der Waals surface area contributed by atoms with Gasteiger partial charge in [0.05, 0.1) is 26.3 Å². The number of rotatable bonds is 4. The number of carbonyl (C=O) groups is 1. The van der Waals surface area contributed by atoms with E-state index in [1.54, 1.807) is 9.42 Å². The summed E-state index contributed by atoms with van der Waals surface area (Å²) in [6, 6.07) is 9.64. The Labute approximate surface area is 167 Å². The number of benzene rings is 1. The summed E-state index contributed by atoms with van der Waals surface area (Å²) in [6.45, 7) is 6.22. The molecule has 0 aliphatic carbocycles. The molecule has 2 fully saturated rings. The molecule has 9 heteroatoms. The fourth-order valence-corrected chi connectivity index (χ4v) is 3.65. The largest absolute Gasteiger partial charge is 0.470 e. The third-order valence-electron chi connectivity index (χ3n) is 5.26. The molecule has 0 bridgehead atoms. The van der Waals surface area contributed by atoms with E-state index in [4.69, 9.17) is 9.47 Å². The Kier molecular flexibility index (Phi) is 4.51. The summed E-state index contributed by atoms with van der Waals surface area (Å²) in [4.78, 5) is 25.2. The number of morpholine rings is 1. The first-order valence-corrected chi connectivity index (χ1v) is 9.73. The number of ether oxygens (including phenoxy) is 2. The van der Waals surface area contributed by atoms with Gasteiger partial charge in [-0.2, -0.15) is 14.6 Å². The van der Waals surface area contributed by atoms with E-state index >= 15 is 0 Å². The highest BCUT2D eigenvalue weighted by atomic mass is 16.5. The fourth-order valence-electron chi connectivity index (χ4n) is 3.65. The summed E-state index contributed by atoms with van der Waals surface area (Å²) in [5.41, 5.74) is 2.63.